The van der Waals surface area contributed by atoms with Gasteiger partial charge in [0.15, 0.2) is 0 Å². The molecule has 1 nitrogen and oxygen atoms in total. The zero-order valence-corrected chi connectivity index (χ0v) is 10.3. The smallest absolute Gasteiger partial charge is 0.119 e. The van der Waals surface area contributed by atoms with Crippen LogP contribution >= 0.6 is 0 Å². The van der Waals surface area contributed by atoms with Gasteiger partial charge in [-0.25, -0.2) is 0 Å². The Morgan fingerprint density at radius 2 is 1.94 bits per heavy atom. The lowest BCUT2D eigenvalue weighted by molar-refractivity contribution is 0.362. The first-order chi connectivity index (χ1) is 7.68. The molecule has 1 heteroatoms. The summed E-state index contributed by atoms with van der Waals surface area (Å²) in [7, 11) is 0. The van der Waals surface area contributed by atoms with Gasteiger partial charge in [0.25, 0.3) is 0 Å². The molecule has 0 heterocycles. The molecule has 0 saturated carbocycles. The van der Waals surface area contributed by atoms with Crippen molar-refractivity contribution < 1.29 is 4.74 Å². The van der Waals surface area contributed by atoms with Gasteiger partial charge in [-0.1, -0.05) is 48.9 Å². The molecule has 0 aliphatic heterocycles. The van der Waals surface area contributed by atoms with Crippen LogP contribution in [0.1, 0.15) is 20.8 Å². The summed E-state index contributed by atoms with van der Waals surface area (Å²) in [6.07, 6.45) is 6.46. The van der Waals surface area contributed by atoms with Crippen LogP contribution in [0.25, 0.3) is 0 Å². The molecule has 1 rings (SSSR count). The Bertz CT molecular complexity index is 345. The van der Waals surface area contributed by atoms with Crippen LogP contribution in [-0.2, 0) is 0 Å². The van der Waals surface area contributed by atoms with Gasteiger partial charge in [0.2, 0.25) is 0 Å². The fourth-order valence-corrected chi connectivity index (χ4v) is 1.51. The van der Waals surface area contributed by atoms with Gasteiger partial charge in [0.1, 0.15) is 12.4 Å². The largest absolute Gasteiger partial charge is 0.490 e. The Morgan fingerprint density at radius 3 is 2.56 bits per heavy atom. The first-order valence-corrected chi connectivity index (χ1v) is 5.68. The van der Waals surface area contributed by atoms with Gasteiger partial charge >= 0.3 is 0 Å². The Morgan fingerprint density at radius 1 is 1.25 bits per heavy atom. The predicted molar refractivity (Wildman–Crippen MR) is 69.7 cm³/mol. The Labute approximate surface area is 98.5 Å². The van der Waals surface area contributed by atoms with Crippen molar-refractivity contribution in [2.45, 2.75) is 20.8 Å². The van der Waals surface area contributed by atoms with Crippen molar-refractivity contribution >= 4 is 0 Å². The van der Waals surface area contributed by atoms with Gasteiger partial charge < -0.3 is 4.74 Å². The molecule has 0 aromatic heterocycles. The summed E-state index contributed by atoms with van der Waals surface area (Å²) < 4.78 is 5.55. The molecule has 1 aromatic rings. The fraction of sp³-hybridized carbons (Fsp3) is 0.333. The molecule has 86 valence electrons. The summed E-state index contributed by atoms with van der Waals surface area (Å²) >= 11 is 0. The first-order valence-electron chi connectivity index (χ1n) is 5.68. The quantitative estimate of drug-likeness (QED) is 0.669. The minimum Gasteiger partial charge on any atom is -0.490 e. The minimum absolute atomic E-state index is 0.476. The van der Waals surface area contributed by atoms with Gasteiger partial charge in [-0.05, 0) is 31.9 Å². The van der Waals surface area contributed by atoms with Crippen LogP contribution in [-0.4, -0.2) is 6.61 Å². The third kappa shape index (κ3) is 5.40. The van der Waals surface area contributed by atoms with Crippen molar-refractivity contribution in [1.29, 1.82) is 0 Å². The van der Waals surface area contributed by atoms with Crippen molar-refractivity contribution in [1.82, 2.24) is 0 Å². The maximum absolute atomic E-state index is 5.55. The number of allylic oxidation sites excluding steroid dienone is 3. The van der Waals surface area contributed by atoms with Crippen LogP contribution in [0.15, 0.2) is 54.1 Å². The second-order valence-corrected chi connectivity index (χ2v) is 4.16. The average molecular weight is 216 g/mol. The third-order valence-electron chi connectivity index (χ3n) is 2.13. The number of hydrogen-bond donors (Lipinski definition) is 0. The molecule has 1 aromatic carbocycles. The highest BCUT2D eigenvalue weighted by atomic mass is 16.5. The molecule has 1 atom stereocenters. The highest BCUT2D eigenvalue weighted by molar-refractivity contribution is 5.21. The van der Waals surface area contributed by atoms with Crippen molar-refractivity contribution in [2.75, 3.05) is 6.61 Å². The molecule has 0 spiro atoms. The van der Waals surface area contributed by atoms with E-state index in [4.69, 9.17) is 4.74 Å². The van der Waals surface area contributed by atoms with Gasteiger partial charge in [-0.2, -0.15) is 0 Å². The SMILES string of the molecule is CC(C)=CC(C)/C=C/COc1ccccc1. The minimum atomic E-state index is 0.476. The topological polar surface area (TPSA) is 9.23 Å². The van der Waals surface area contributed by atoms with E-state index in [9.17, 15) is 0 Å². The number of ether oxygens (including phenoxy) is 1. The second kappa shape index (κ2) is 6.89. The highest BCUT2D eigenvalue weighted by Crippen LogP contribution is 2.08. The summed E-state index contributed by atoms with van der Waals surface area (Å²) in [6.45, 7) is 7.03. The Balaban J connectivity index is 2.30. The van der Waals surface area contributed by atoms with E-state index in [0.29, 0.717) is 12.5 Å². The van der Waals surface area contributed by atoms with E-state index in [1.165, 1.54) is 5.57 Å². The molecule has 0 aliphatic carbocycles. The van der Waals surface area contributed by atoms with Crippen LogP contribution in [0.3, 0.4) is 0 Å². The first kappa shape index (κ1) is 12.6. The van der Waals surface area contributed by atoms with E-state index in [1.54, 1.807) is 0 Å². The lowest BCUT2D eigenvalue weighted by atomic mass is 10.1. The molecule has 0 N–H and O–H groups in total. The Hall–Kier alpha value is -1.50. The highest BCUT2D eigenvalue weighted by Gasteiger charge is 1.91. The monoisotopic (exact) mass is 216 g/mol. The van der Waals surface area contributed by atoms with Gasteiger partial charge in [-0.3, -0.25) is 0 Å². The summed E-state index contributed by atoms with van der Waals surface area (Å²) in [5, 5.41) is 0. The lowest BCUT2D eigenvalue weighted by Gasteiger charge is -2.03. The maximum atomic E-state index is 5.55. The molecule has 1 unspecified atom stereocenters. The number of rotatable bonds is 5. The lowest BCUT2D eigenvalue weighted by Crippen LogP contribution is -1.94. The zero-order chi connectivity index (χ0) is 11.8. The normalized spacial score (nSPS) is 12.4. The van der Waals surface area contributed by atoms with Crippen molar-refractivity contribution in [3.8, 4) is 5.75 Å². The van der Waals surface area contributed by atoms with Gasteiger partial charge in [0, 0.05) is 0 Å². The number of benzene rings is 1. The summed E-state index contributed by atoms with van der Waals surface area (Å²) in [6, 6.07) is 9.87. The number of hydrogen-bond acceptors (Lipinski definition) is 1. The van der Waals surface area contributed by atoms with E-state index >= 15 is 0 Å². The van der Waals surface area contributed by atoms with Crippen LogP contribution in [0.2, 0.25) is 0 Å². The molecule has 0 radical (unpaired) electrons. The van der Waals surface area contributed by atoms with Crippen LogP contribution < -0.4 is 4.74 Å². The Kier molecular flexibility index (Phi) is 5.41. The average Bonchev–Trinajstić information content (AvgIpc) is 2.25. The van der Waals surface area contributed by atoms with Crippen molar-refractivity contribution in [3.63, 3.8) is 0 Å². The van der Waals surface area contributed by atoms with Crippen molar-refractivity contribution in [2.24, 2.45) is 5.92 Å². The third-order valence-corrected chi connectivity index (χ3v) is 2.13. The van der Waals surface area contributed by atoms with Crippen LogP contribution in [0.4, 0.5) is 0 Å². The molecule has 0 amide bonds. The van der Waals surface area contributed by atoms with E-state index in [0.717, 1.165) is 5.75 Å². The van der Waals surface area contributed by atoms with E-state index in [-0.39, 0.29) is 0 Å². The molecule has 16 heavy (non-hydrogen) atoms. The summed E-state index contributed by atoms with van der Waals surface area (Å²) in [4.78, 5) is 0. The summed E-state index contributed by atoms with van der Waals surface area (Å²) in [5.74, 6) is 1.39. The number of para-hydroxylation sites is 1. The standard InChI is InChI=1S/C15H20O/c1-13(2)12-14(3)8-7-11-16-15-9-5-4-6-10-15/h4-10,12,14H,11H2,1-3H3/b8-7+. The molecular weight excluding hydrogens is 196 g/mol. The van der Waals surface area contributed by atoms with Crippen molar-refractivity contribution in [3.05, 3.63) is 54.1 Å². The van der Waals surface area contributed by atoms with Crippen LogP contribution in [0, 0.1) is 5.92 Å². The predicted octanol–water partition coefficient (Wildman–Crippen LogP) is 4.22. The molecule has 0 saturated heterocycles. The van der Waals surface area contributed by atoms with Gasteiger partial charge in [0.05, 0.1) is 0 Å². The molecule has 0 bridgehead atoms. The summed E-state index contributed by atoms with van der Waals surface area (Å²) in [5.41, 5.74) is 1.35. The molecular formula is C15H20O. The van der Waals surface area contributed by atoms with E-state index < -0.39 is 0 Å². The molecule has 0 aliphatic rings. The fourth-order valence-electron chi connectivity index (χ4n) is 1.51. The van der Waals surface area contributed by atoms with Gasteiger partial charge in [-0.15, -0.1) is 0 Å². The zero-order valence-electron chi connectivity index (χ0n) is 10.3. The molecule has 0 fully saturated rings. The van der Waals surface area contributed by atoms with E-state index in [1.807, 2.05) is 30.3 Å². The second-order valence-electron chi connectivity index (χ2n) is 4.16. The van der Waals surface area contributed by atoms with E-state index in [2.05, 4.69) is 39.0 Å². The maximum Gasteiger partial charge on any atom is 0.119 e. The van der Waals surface area contributed by atoms with Crippen LogP contribution in [0.5, 0.6) is 5.75 Å².